The fourth-order valence-electron chi connectivity index (χ4n) is 5.29. The maximum atomic E-state index is 4.16. The van der Waals surface area contributed by atoms with Crippen molar-refractivity contribution < 1.29 is 82.4 Å². The quantitative estimate of drug-likeness (QED) is 0.0655. The molecule has 0 bridgehead atoms. The van der Waals surface area contributed by atoms with Crippen molar-refractivity contribution in [2.24, 2.45) is 0 Å². The van der Waals surface area contributed by atoms with E-state index in [2.05, 4.69) is 80.9 Å². The normalized spacial score (nSPS) is 10.6. The van der Waals surface area contributed by atoms with E-state index in [9.17, 15) is 0 Å². The molecule has 0 aromatic carbocycles. The third kappa shape index (κ3) is 36.3. The van der Waals surface area contributed by atoms with Gasteiger partial charge in [-0.3, -0.25) is 0 Å². The average Bonchev–Trinajstić information content (AvgIpc) is 2.98. The van der Waals surface area contributed by atoms with Gasteiger partial charge in [-0.2, -0.15) is 0 Å². The first kappa shape index (κ1) is 56.2. The molecule has 0 saturated heterocycles. The molecule has 0 radical (unpaired) electrons. The van der Waals surface area contributed by atoms with E-state index in [0.717, 1.165) is 0 Å². The van der Waals surface area contributed by atoms with E-state index in [-0.39, 0.29) is 48.0 Å². The summed E-state index contributed by atoms with van der Waals surface area (Å²) in [7, 11) is 0. The van der Waals surface area contributed by atoms with E-state index < -0.39 is 0 Å². The molecule has 0 fully saturated rings. The molecule has 0 aromatic heterocycles. The molecular weight excluding hydrogens is 1050 g/mol. The van der Waals surface area contributed by atoms with Gasteiger partial charge in [0.1, 0.15) is 0 Å². The number of quaternary nitrogens is 2. The Labute approximate surface area is 329 Å². The Bertz CT molecular complexity index is 298. The van der Waals surface area contributed by atoms with Crippen molar-refractivity contribution >= 4 is 40.7 Å². The second-order valence-electron chi connectivity index (χ2n) is 11.3. The molecule has 0 aliphatic heterocycles. The number of hydrogen-bond acceptors (Lipinski definition) is 0. The number of hydrogen-bond donors (Lipinski definition) is 0. The summed E-state index contributed by atoms with van der Waals surface area (Å²) >= 11 is 11.7. The zero-order valence-electron chi connectivity index (χ0n) is 28.0. The molecule has 0 aliphatic carbocycles. The summed E-state index contributed by atoms with van der Waals surface area (Å²) in [6, 6.07) is 0. The zero-order chi connectivity index (χ0) is 30.0. The number of nitrogens with zero attached hydrogens (tertiary/aromatic N) is 2. The van der Waals surface area contributed by atoms with E-state index in [1.807, 2.05) is 0 Å². The third-order valence-corrected chi connectivity index (χ3v) is 7.89. The van der Waals surface area contributed by atoms with Crippen molar-refractivity contribution in [1.82, 2.24) is 0 Å². The van der Waals surface area contributed by atoms with Crippen molar-refractivity contribution in [2.45, 2.75) is 158 Å². The van der Waals surface area contributed by atoms with Crippen molar-refractivity contribution in [2.75, 3.05) is 52.4 Å². The molecule has 0 atom stereocenters. The summed E-state index contributed by atoms with van der Waals surface area (Å²) in [5.41, 5.74) is 0. The largest absolute Gasteiger partial charge is 1.00 e. The Balaban J connectivity index is -0.000000123. The molecule has 0 aromatic rings. The van der Waals surface area contributed by atoms with Crippen LogP contribution in [0.3, 0.4) is 0 Å². The van der Waals surface area contributed by atoms with E-state index in [0.29, 0.717) is 0 Å². The molecule has 0 spiro atoms. The number of rotatable bonds is 24. The van der Waals surface area contributed by atoms with Gasteiger partial charge in [0.15, 0.2) is 0 Å². The summed E-state index contributed by atoms with van der Waals surface area (Å²) in [6.45, 7) is 30.0. The molecule has 0 N–H and O–H groups in total. The summed E-state index contributed by atoms with van der Waals surface area (Å²) in [5.74, 6) is 0. The molecule has 0 aliphatic rings. The first-order valence-electron chi connectivity index (χ1n) is 16.4. The van der Waals surface area contributed by atoms with Gasteiger partial charge in [0.2, 0.25) is 0 Å². The minimum Gasteiger partial charge on any atom is -1.00 e. The predicted molar refractivity (Wildman–Crippen MR) is 187 cm³/mol. The molecule has 260 valence electrons. The molecule has 0 heterocycles. The van der Waals surface area contributed by atoms with Crippen LogP contribution in [0.2, 0.25) is 0 Å². The number of unbranched alkanes of at least 4 members (excludes halogenated alkanes) is 8. The van der Waals surface area contributed by atoms with Crippen LogP contribution in [-0.4, -0.2) is 61.3 Å². The Kier molecular flexibility index (Phi) is 66.5. The molecular formula is C32H72Cu2I4N2. The van der Waals surface area contributed by atoms with Crippen LogP contribution in [0.4, 0.5) is 0 Å². The van der Waals surface area contributed by atoms with Gasteiger partial charge in [0.25, 0.3) is 0 Å². The topological polar surface area (TPSA) is 0 Å². The summed E-state index contributed by atoms with van der Waals surface area (Å²) in [4.78, 5) is 0. The van der Waals surface area contributed by atoms with Crippen LogP contribution in [-0.2, 0) is 25.5 Å². The average molecular weight is 1120 g/mol. The van der Waals surface area contributed by atoms with Crippen molar-refractivity contribution in [3.05, 3.63) is 0 Å². The van der Waals surface area contributed by atoms with Gasteiger partial charge in [-0.05, 0) is 51.4 Å². The van der Waals surface area contributed by atoms with Gasteiger partial charge in [-0.25, -0.2) is 0 Å². The maximum Gasteiger partial charge on any atom is -1.00 e. The van der Waals surface area contributed by atoms with Crippen LogP contribution < -0.4 is 48.0 Å². The second kappa shape index (κ2) is 47.3. The molecule has 40 heavy (non-hydrogen) atoms. The van der Waals surface area contributed by atoms with E-state index in [1.165, 1.54) is 164 Å². The molecule has 0 amide bonds. The Morgan fingerprint density at radius 1 is 0.300 bits per heavy atom. The van der Waals surface area contributed by atoms with Crippen LogP contribution in [0.15, 0.2) is 0 Å². The molecule has 0 rings (SSSR count). The Morgan fingerprint density at radius 3 is 0.475 bits per heavy atom. The van der Waals surface area contributed by atoms with Crippen LogP contribution in [0, 0.1) is 0 Å². The van der Waals surface area contributed by atoms with E-state index >= 15 is 0 Å². The molecule has 0 unspecified atom stereocenters. The van der Waals surface area contributed by atoms with E-state index in [4.69, 9.17) is 0 Å². The second-order valence-corrected chi connectivity index (χ2v) is 11.3. The smallest absolute Gasteiger partial charge is 1.00 e. The first-order chi connectivity index (χ1) is 18.5. The fourth-order valence-corrected chi connectivity index (χ4v) is 5.29. The Morgan fingerprint density at radius 2 is 0.400 bits per heavy atom. The van der Waals surface area contributed by atoms with Gasteiger partial charge < -0.3 is 56.9 Å². The van der Waals surface area contributed by atoms with Gasteiger partial charge in [0, 0.05) is 0 Å². The van der Waals surface area contributed by atoms with Crippen LogP contribution in [0.5, 0.6) is 0 Å². The van der Waals surface area contributed by atoms with Crippen LogP contribution in [0.1, 0.15) is 158 Å². The maximum absolute atomic E-state index is 4.16. The predicted octanol–water partition coefficient (Wildman–Crippen LogP) is 5.78. The first-order valence-corrected chi connectivity index (χ1v) is 22.5. The van der Waals surface area contributed by atoms with Gasteiger partial charge in [0.05, 0.1) is 52.4 Å². The van der Waals surface area contributed by atoms with Crippen molar-refractivity contribution in [3.8, 4) is 0 Å². The molecule has 8 heteroatoms. The fraction of sp³-hybridized carbons (Fsp3) is 1.00. The molecule has 2 nitrogen and oxygen atoms in total. The van der Waals surface area contributed by atoms with E-state index in [1.54, 1.807) is 40.7 Å². The van der Waals surface area contributed by atoms with Gasteiger partial charge in [-0.1, -0.05) is 107 Å². The van der Waals surface area contributed by atoms with Gasteiger partial charge >= 0.3 is 66.2 Å². The standard InChI is InChI=1S/2C16H36N.2Cu.4HI/c2*1-5-9-13-17(14-10-6-2,15-11-7-3)16-12-8-4;;;;;;/h2*5-16H2,1-4H3;;;4*1H/q4*+1;;;;/p-4. The number of halogens is 4. The van der Waals surface area contributed by atoms with Crippen molar-refractivity contribution in [3.63, 3.8) is 0 Å². The minimum atomic E-state index is 0. The summed E-state index contributed by atoms with van der Waals surface area (Å²) < 4.78 is 2.84. The van der Waals surface area contributed by atoms with Crippen LogP contribution >= 0.6 is 40.7 Å². The Hall–Kier alpha value is 3.88. The molecule has 0 saturated carbocycles. The van der Waals surface area contributed by atoms with Crippen molar-refractivity contribution in [1.29, 1.82) is 0 Å². The monoisotopic (exact) mass is 1120 g/mol. The van der Waals surface area contributed by atoms with Crippen LogP contribution in [0.25, 0.3) is 0 Å². The minimum absolute atomic E-state index is 0. The summed E-state index contributed by atoms with van der Waals surface area (Å²) in [5, 5.41) is 0. The SMILES string of the molecule is CCCC[N+](CCCC)(CCCC)CCCC.CCCC[N+](CCCC)(CCCC)CCCC.[Cu][I].[Cu][I].[I-].[I-]. The summed E-state index contributed by atoms with van der Waals surface area (Å²) in [6.07, 6.45) is 22.1. The van der Waals surface area contributed by atoms with Gasteiger partial charge in [-0.15, -0.1) is 0 Å². The zero-order valence-corrected chi connectivity index (χ0v) is 38.5. The third-order valence-electron chi connectivity index (χ3n) is 7.89.